The molecule has 0 unspecified atom stereocenters. The maximum atomic E-state index is 11.4. The number of aromatic amines is 6. The third kappa shape index (κ3) is 19.8. The summed E-state index contributed by atoms with van der Waals surface area (Å²) in [6, 6.07) is 24.3. The van der Waals surface area contributed by atoms with Crippen LogP contribution in [0.1, 0.15) is 295 Å². The van der Waals surface area contributed by atoms with E-state index < -0.39 is 35.8 Å². The van der Waals surface area contributed by atoms with Gasteiger partial charge in [-0.2, -0.15) is 0 Å². The smallest absolute Gasteiger partial charge is 0.550 e. The number of carbonyl (C=O) groups excluding carboxylic acids is 6. The molecule has 0 spiro atoms. The summed E-state index contributed by atoms with van der Waals surface area (Å²) in [4.78, 5) is 120. The van der Waals surface area contributed by atoms with E-state index in [1.807, 2.05) is 96.1 Å². The topological polar surface area (TPSA) is 413 Å². The van der Waals surface area contributed by atoms with Crippen LogP contribution in [0.5, 0.6) is 0 Å². The molecular formula is C102H108Cr2N12O12. The Morgan fingerprint density at radius 2 is 0.344 bits per heavy atom. The predicted molar refractivity (Wildman–Crippen MR) is 488 cm³/mol. The minimum absolute atomic E-state index is 0. The molecule has 0 aliphatic carbocycles. The molecule has 24 nitrogen and oxygen atoms in total. The van der Waals surface area contributed by atoms with Crippen molar-refractivity contribution < 1.29 is 94.1 Å². The standard InChI is InChI=1S/3C34H38N4O4.2Cr/c3*1-7-21-17(3)25-13-26-19(5)23(9-11-33(39)40)31(37-26)16-32-24(10-12-34(41)42)20(6)28(38-32)15-30-22(8-2)18(4)27(36-30)14-29(21)35-25;;/h3*13-16,35-36H,7-12H2,1-6H3,(H,39,40)(H,41,42);;/q;;;2*+3/p-6. The molecule has 0 atom stereocenters. The van der Waals surface area contributed by atoms with Crippen LogP contribution < -0.4 is 30.6 Å². The average Bonchev–Trinajstić information content (AvgIpc) is 1.62. The molecule has 15 rings (SSSR count). The van der Waals surface area contributed by atoms with E-state index in [2.05, 4.69) is 131 Å². The molecule has 0 amide bonds. The Bertz CT molecular complexity index is 6220. The number of carboxylic acid groups (broad SMARTS) is 6. The van der Waals surface area contributed by atoms with Crippen molar-refractivity contribution in [3.63, 3.8) is 0 Å². The van der Waals surface area contributed by atoms with Gasteiger partial charge < -0.3 is 89.3 Å². The Morgan fingerprint density at radius 3 is 0.484 bits per heavy atom. The van der Waals surface area contributed by atoms with Gasteiger partial charge in [0.15, 0.2) is 0 Å². The summed E-state index contributed by atoms with van der Waals surface area (Å²) < 4.78 is 0. The van der Waals surface area contributed by atoms with Crippen molar-refractivity contribution in [2.24, 2.45) is 0 Å². The molecule has 15 heterocycles. The fourth-order valence-electron chi connectivity index (χ4n) is 18.6. The SMILES string of the molecule is CCc1c(C)c2cc3[nH]c(cc4nc(cc5nc(cc1[nH]2)C(C)=C5CCC(=O)[O-])C(CCC(=O)[O-])=C4C)c(C)c3CC.CCc1c(C)c2cc3[nH]c(cc4nc(cc5nc(cc1[nH]2)C(C)=C5CCC(=O)[O-])C(CCC(=O)[O-])=C4C)c(C)c3CC.CCc1c(C)c2cc3[nH]c(cc4nc(cc5nc(cc1[nH]2)C(C)=C5CCC(=O)[O-])C(CCC(=O)[O-])=C4C)c(C)c3CC.[Cr+3].[Cr+3]. The Labute approximate surface area is 765 Å². The number of aryl methyl sites for hydroxylation is 12. The van der Waals surface area contributed by atoms with E-state index in [1.165, 1.54) is 50.1 Å². The molecule has 6 aliphatic heterocycles. The maximum Gasteiger partial charge on any atom is 3.00 e. The van der Waals surface area contributed by atoms with Crippen molar-refractivity contribution in [3.8, 4) is 0 Å². The van der Waals surface area contributed by atoms with Gasteiger partial charge in [-0.1, -0.05) is 41.5 Å². The second kappa shape index (κ2) is 40.3. The summed E-state index contributed by atoms with van der Waals surface area (Å²) in [6.07, 6.45) is 5.88. The zero-order valence-electron chi connectivity index (χ0n) is 76.1. The predicted octanol–water partition coefficient (Wildman–Crippen LogP) is 14.9. The Balaban J connectivity index is 0.000000185. The third-order valence-corrected chi connectivity index (χ3v) is 26.0. The van der Waals surface area contributed by atoms with Crippen molar-refractivity contribution in [2.75, 3.05) is 0 Å². The first-order valence-electron chi connectivity index (χ1n) is 43.7. The fourth-order valence-corrected chi connectivity index (χ4v) is 18.6. The monoisotopic (exact) mass is 1800 g/mol. The van der Waals surface area contributed by atoms with Gasteiger partial charge in [0.2, 0.25) is 0 Å². The van der Waals surface area contributed by atoms with Gasteiger partial charge in [-0.15, -0.1) is 0 Å². The molecular weight excluding hydrogens is 1690 g/mol. The molecule has 9 aromatic rings. The summed E-state index contributed by atoms with van der Waals surface area (Å²) in [7, 11) is 0. The average molecular weight is 1800 g/mol. The first kappa shape index (κ1) is 96.3. The second-order valence-corrected chi connectivity index (χ2v) is 33.3. The number of nitrogens with one attached hydrogen (secondary N) is 6. The Hall–Kier alpha value is -12.3. The molecule has 6 N–H and O–H groups in total. The molecule has 0 saturated carbocycles. The van der Waals surface area contributed by atoms with Gasteiger partial charge in [0, 0.05) is 102 Å². The van der Waals surface area contributed by atoms with Crippen molar-refractivity contribution in [3.05, 3.63) is 208 Å². The van der Waals surface area contributed by atoms with Crippen LogP contribution in [0.25, 0.3) is 133 Å². The van der Waals surface area contributed by atoms with E-state index >= 15 is 0 Å². The van der Waals surface area contributed by atoms with Gasteiger partial charge in [0.1, 0.15) is 0 Å². The second-order valence-electron chi connectivity index (χ2n) is 33.3. The number of aliphatic carboxylic acids is 6. The van der Waals surface area contributed by atoms with Gasteiger partial charge in [0.05, 0.1) is 68.3 Å². The molecule has 0 aromatic carbocycles. The number of nitrogens with zero attached hydrogens (tertiary/aromatic N) is 6. The van der Waals surface area contributed by atoms with Crippen LogP contribution in [0.3, 0.4) is 0 Å². The van der Waals surface area contributed by atoms with Gasteiger partial charge >= 0.3 is 34.7 Å². The van der Waals surface area contributed by atoms with E-state index in [0.717, 1.165) is 222 Å². The summed E-state index contributed by atoms with van der Waals surface area (Å²) in [5.41, 5.74) is 44.8. The number of rotatable bonds is 24. The number of aromatic nitrogens is 12. The quantitative estimate of drug-likeness (QED) is 0.0327. The first-order valence-corrected chi connectivity index (χ1v) is 43.7. The van der Waals surface area contributed by atoms with Gasteiger partial charge in [-0.25, -0.2) is 29.9 Å². The zero-order valence-corrected chi connectivity index (χ0v) is 78.6. The summed E-state index contributed by atoms with van der Waals surface area (Å²) in [5.74, 6) is -6.75. The molecule has 2 radical (unpaired) electrons. The Morgan fingerprint density at radius 1 is 0.211 bits per heavy atom. The molecule has 26 heteroatoms. The van der Waals surface area contributed by atoms with E-state index in [4.69, 9.17) is 29.9 Å². The van der Waals surface area contributed by atoms with Crippen molar-refractivity contribution in [1.82, 2.24) is 59.8 Å². The normalized spacial score (nSPS) is 13.1. The van der Waals surface area contributed by atoms with Crippen LogP contribution in [0.4, 0.5) is 0 Å². The van der Waals surface area contributed by atoms with Crippen LogP contribution in [0.2, 0.25) is 0 Å². The number of allylic oxidation sites excluding steroid dienone is 12. The van der Waals surface area contributed by atoms with E-state index in [-0.39, 0.29) is 112 Å². The van der Waals surface area contributed by atoms with Crippen molar-refractivity contribution in [2.45, 2.75) is 240 Å². The van der Waals surface area contributed by atoms with E-state index in [1.54, 1.807) is 0 Å². The molecule has 6 aliphatic rings. The van der Waals surface area contributed by atoms with Crippen molar-refractivity contribution in [1.29, 1.82) is 0 Å². The molecule has 9 aromatic heterocycles. The van der Waals surface area contributed by atoms with Crippen molar-refractivity contribution >= 4 is 169 Å². The molecule has 660 valence electrons. The summed E-state index contributed by atoms with van der Waals surface area (Å²) >= 11 is 0. The van der Waals surface area contributed by atoms with Crippen LogP contribution >= 0.6 is 0 Å². The molecule has 24 bridgehead atoms. The minimum atomic E-state index is -1.13. The van der Waals surface area contributed by atoms with Crippen LogP contribution in [-0.2, 0) is 102 Å². The molecule has 128 heavy (non-hydrogen) atoms. The summed E-state index contributed by atoms with van der Waals surface area (Å²) in [6.45, 7) is 37.3. The zero-order chi connectivity index (χ0) is 90.9. The number of carbonyl (C=O) groups is 6. The minimum Gasteiger partial charge on any atom is -0.550 e. The number of hydrogen-bond donors (Lipinski definition) is 6. The van der Waals surface area contributed by atoms with Crippen LogP contribution in [0.15, 0.2) is 72.8 Å². The number of fused-ring (bicyclic) bond motifs is 24. The van der Waals surface area contributed by atoms with Gasteiger partial charge in [-0.3, -0.25) is 0 Å². The van der Waals surface area contributed by atoms with Crippen LogP contribution in [-0.4, -0.2) is 95.6 Å². The largest absolute Gasteiger partial charge is 3.00 e. The first-order chi connectivity index (χ1) is 60.0. The molecule has 0 saturated heterocycles. The van der Waals surface area contributed by atoms with Crippen LogP contribution in [0, 0.1) is 41.5 Å². The number of carboxylic acids is 6. The number of H-pyrrole nitrogens is 6. The third-order valence-electron chi connectivity index (χ3n) is 26.0. The summed E-state index contributed by atoms with van der Waals surface area (Å²) in [5, 5.41) is 68.5. The van der Waals surface area contributed by atoms with E-state index in [0.29, 0.717) is 34.2 Å². The number of hydrogen-bond acceptors (Lipinski definition) is 18. The Kier molecular flexibility index (Phi) is 30.4. The van der Waals surface area contributed by atoms with Gasteiger partial charge in [0.25, 0.3) is 0 Å². The van der Waals surface area contributed by atoms with E-state index in [9.17, 15) is 59.4 Å². The maximum absolute atomic E-state index is 11.4. The molecule has 0 fully saturated rings. The van der Waals surface area contributed by atoms with Gasteiger partial charge in [-0.05, 0) is 405 Å². The fraction of sp³-hybridized carbons (Fsp3) is 0.353.